The highest BCUT2D eigenvalue weighted by atomic mass is 16.4. The fourth-order valence-corrected chi connectivity index (χ4v) is 3.62. The van der Waals surface area contributed by atoms with Crippen LogP contribution in [0.25, 0.3) is 0 Å². The van der Waals surface area contributed by atoms with Crippen LogP contribution in [-0.4, -0.2) is 41.7 Å². The van der Waals surface area contributed by atoms with Gasteiger partial charge in [-0.15, -0.1) is 0 Å². The van der Waals surface area contributed by atoms with Gasteiger partial charge < -0.3 is 10.0 Å². The van der Waals surface area contributed by atoms with Gasteiger partial charge in [-0.25, -0.2) is 4.79 Å². The molecule has 1 heterocycles. The van der Waals surface area contributed by atoms with Crippen molar-refractivity contribution in [2.75, 3.05) is 24.5 Å². The molecular formula is C21H26N2O2. The Morgan fingerprint density at radius 1 is 1.12 bits per heavy atom. The molecule has 0 bridgehead atoms. The molecule has 0 aliphatic carbocycles. The van der Waals surface area contributed by atoms with Crippen LogP contribution in [-0.2, 0) is 6.54 Å². The Morgan fingerprint density at radius 3 is 2.48 bits per heavy atom. The molecule has 1 aliphatic heterocycles. The second kappa shape index (κ2) is 7.28. The molecule has 0 saturated carbocycles. The van der Waals surface area contributed by atoms with E-state index in [1.807, 2.05) is 25.1 Å². The molecule has 132 valence electrons. The molecular weight excluding hydrogens is 312 g/mol. The molecule has 4 nitrogen and oxygen atoms in total. The first-order valence-corrected chi connectivity index (χ1v) is 8.83. The Bertz CT molecular complexity index is 758. The predicted octanol–water partition coefficient (Wildman–Crippen LogP) is 3.71. The molecule has 0 aromatic heterocycles. The van der Waals surface area contributed by atoms with E-state index >= 15 is 0 Å². The predicted molar refractivity (Wildman–Crippen MR) is 101 cm³/mol. The number of aryl methyl sites for hydroxylation is 2. The summed E-state index contributed by atoms with van der Waals surface area (Å²) < 4.78 is 0. The molecule has 0 amide bonds. The lowest BCUT2D eigenvalue weighted by Gasteiger charge is -2.41. The Balaban J connectivity index is 1.72. The lowest BCUT2D eigenvalue weighted by atomic mass is 9.99. The third-order valence-electron chi connectivity index (χ3n) is 5.17. The number of benzene rings is 2. The van der Waals surface area contributed by atoms with E-state index in [1.165, 1.54) is 11.3 Å². The van der Waals surface area contributed by atoms with E-state index in [0.717, 1.165) is 37.3 Å². The number of nitrogens with zero attached hydrogens (tertiary/aromatic N) is 2. The molecule has 1 fully saturated rings. The maximum absolute atomic E-state index is 11.4. The monoisotopic (exact) mass is 338 g/mol. The molecule has 3 rings (SSSR count). The highest BCUT2D eigenvalue weighted by Gasteiger charge is 2.24. The number of carbonyl (C=O) groups is 1. The number of piperazine rings is 1. The van der Waals surface area contributed by atoms with Crippen molar-refractivity contribution in [3.05, 3.63) is 64.7 Å². The second-order valence-electron chi connectivity index (χ2n) is 7.00. The second-order valence-corrected chi connectivity index (χ2v) is 7.00. The number of para-hydroxylation sites is 1. The highest BCUT2D eigenvalue weighted by molar-refractivity contribution is 5.89. The van der Waals surface area contributed by atoms with E-state index < -0.39 is 5.97 Å². The SMILES string of the molecule is Cc1cc(C)c(C(=O)O)cc1CN1CCN(c2ccccc2)C[C@@H]1C. The van der Waals surface area contributed by atoms with Crippen molar-refractivity contribution >= 4 is 11.7 Å². The molecule has 0 spiro atoms. The van der Waals surface area contributed by atoms with E-state index in [9.17, 15) is 9.90 Å². The van der Waals surface area contributed by atoms with E-state index in [4.69, 9.17) is 0 Å². The summed E-state index contributed by atoms with van der Waals surface area (Å²) in [7, 11) is 0. The molecule has 0 radical (unpaired) electrons. The van der Waals surface area contributed by atoms with Crippen LogP contribution in [0.2, 0.25) is 0 Å². The van der Waals surface area contributed by atoms with E-state index in [2.05, 4.69) is 47.9 Å². The van der Waals surface area contributed by atoms with Gasteiger partial charge in [-0.1, -0.05) is 24.3 Å². The number of anilines is 1. The quantitative estimate of drug-likeness (QED) is 0.923. The van der Waals surface area contributed by atoms with Gasteiger partial charge in [0.05, 0.1) is 5.56 Å². The first-order chi connectivity index (χ1) is 12.0. The summed E-state index contributed by atoms with van der Waals surface area (Å²) in [4.78, 5) is 16.3. The number of aromatic carboxylic acids is 1. The number of hydrogen-bond acceptors (Lipinski definition) is 3. The summed E-state index contributed by atoms with van der Waals surface area (Å²) >= 11 is 0. The Hall–Kier alpha value is -2.33. The van der Waals surface area contributed by atoms with Crippen molar-refractivity contribution in [2.45, 2.75) is 33.4 Å². The van der Waals surface area contributed by atoms with Gasteiger partial charge in [-0.05, 0) is 55.7 Å². The van der Waals surface area contributed by atoms with Crippen molar-refractivity contribution in [2.24, 2.45) is 0 Å². The Morgan fingerprint density at radius 2 is 1.84 bits per heavy atom. The molecule has 0 unspecified atom stereocenters. The summed E-state index contributed by atoms with van der Waals surface area (Å²) in [6, 6.07) is 14.8. The van der Waals surface area contributed by atoms with Crippen LogP contribution in [0.15, 0.2) is 42.5 Å². The topological polar surface area (TPSA) is 43.8 Å². The minimum atomic E-state index is -0.847. The zero-order chi connectivity index (χ0) is 18.0. The number of hydrogen-bond donors (Lipinski definition) is 1. The van der Waals surface area contributed by atoms with Crippen molar-refractivity contribution in [3.8, 4) is 0 Å². The summed E-state index contributed by atoms with van der Waals surface area (Å²) in [6.07, 6.45) is 0. The van der Waals surface area contributed by atoms with Gasteiger partial charge in [0, 0.05) is 37.9 Å². The maximum atomic E-state index is 11.4. The molecule has 1 saturated heterocycles. The Labute approximate surface area is 149 Å². The highest BCUT2D eigenvalue weighted by Crippen LogP contribution is 2.23. The van der Waals surface area contributed by atoms with Crippen LogP contribution in [0.4, 0.5) is 5.69 Å². The molecule has 1 aliphatic rings. The molecule has 1 N–H and O–H groups in total. The number of carboxylic acid groups (broad SMARTS) is 1. The largest absolute Gasteiger partial charge is 0.478 e. The number of carboxylic acids is 1. The molecule has 2 aromatic carbocycles. The fraction of sp³-hybridized carbons (Fsp3) is 0.381. The third kappa shape index (κ3) is 3.85. The fourth-order valence-electron chi connectivity index (χ4n) is 3.62. The van der Waals surface area contributed by atoms with Gasteiger partial charge in [-0.3, -0.25) is 4.90 Å². The third-order valence-corrected chi connectivity index (χ3v) is 5.17. The van der Waals surface area contributed by atoms with E-state index in [-0.39, 0.29) is 0 Å². The average molecular weight is 338 g/mol. The summed E-state index contributed by atoms with van der Waals surface area (Å²) in [5.41, 5.74) is 4.80. The van der Waals surface area contributed by atoms with Gasteiger partial charge in [0.15, 0.2) is 0 Å². The Kier molecular flexibility index (Phi) is 5.09. The molecule has 1 atom stereocenters. The normalized spacial score (nSPS) is 18.4. The van der Waals surface area contributed by atoms with Crippen LogP contribution >= 0.6 is 0 Å². The maximum Gasteiger partial charge on any atom is 0.335 e. The van der Waals surface area contributed by atoms with Crippen LogP contribution in [0.3, 0.4) is 0 Å². The van der Waals surface area contributed by atoms with Crippen LogP contribution in [0, 0.1) is 13.8 Å². The average Bonchev–Trinajstić information content (AvgIpc) is 2.59. The van der Waals surface area contributed by atoms with E-state index in [1.54, 1.807) is 0 Å². The lowest BCUT2D eigenvalue weighted by Crippen LogP contribution is -2.51. The van der Waals surface area contributed by atoms with Crippen molar-refractivity contribution < 1.29 is 9.90 Å². The van der Waals surface area contributed by atoms with E-state index in [0.29, 0.717) is 11.6 Å². The lowest BCUT2D eigenvalue weighted by molar-refractivity contribution is 0.0696. The van der Waals surface area contributed by atoms with Crippen molar-refractivity contribution in [1.29, 1.82) is 0 Å². The van der Waals surface area contributed by atoms with Gasteiger partial charge in [-0.2, -0.15) is 0 Å². The molecule has 2 aromatic rings. The first-order valence-electron chi connectivity index (χ1n) is 8.83. The van der Waals surface area contributed by atoms with Crippen LogP contribution in [0.5, 0.6) is 0 Å². The van der Waals surface area contributed by atoms with Gasteiger partial charge in [0.25, 0.3) is 0 Å². The molecule has 25 heavy (non-hydrogen) atoms. The van der Waals surface area contributed by atoms with Gasteiger partial charge >= 0.3 is 5.97 Å². The zero-order valence-electron chi connectivity index (χ0n) is 15.2. The van der Waals surface area contributed by atoms with Gasteiger partial charge in [0.1, 0.15) is 0 Å². The van der Waals surface area contributed by atoms with Crippen molar-refractivity contribution in [3.63, 3.8) is 0 Å². The minimum Gasteiger partial charge on any atom is -0.478 e. The summed E-state index contributed by atoms with van der Waals surface area (Å²) in [6.45, 7) is 9.94. The van der Waals surface area contributed by atoms with Gasteiger partial charge in [0.2, 0.25) is 0 Å². The molecule has 4 heteroatoms. The van der Waals surface area contributed by atoms with Crippen molar-refractivity contribution in [1.82, 2.24) is 4.90 Å². The first kappa shape index (κ1) is 17.5. The number of rotatable bonds is 4. The van der Waals surface area contributed by atoms with Crippen LogP contribution in [0.1, 0.15) is 34.0 Å². The smallest absolute Gasteiger partial charge is 0.335 e. The summed E-state index contributed by atoms with van der Waals surface area (Å²) in [5, 5.41) is 9.38. The standard InChI is InChI=1S/C21H26N2O2/c1-15-11-16(2)20(21(24)25)12-18(15)14-22-9-10-23(13-17(22)3)19-7-5-4-6-8-19/h4-8,11-12,17H,9-10,13-14H2,1-3H3,(H,24,25)/t17-/m0/s1. The summed E-state index contributed by atoms with van der Waals surface area (Å²) in [5.74, 6) is -0.847. The zero-order valence-corrected chi connectivity index (χ0v) is 15.2. The van der Waals surface area contributed by atoms with Crippen LogP contribution < -0.4 is 4.90 Å². The minimum absolute atomic E-state index is 0.413.